The van der Waals surface area contributed by atoms with Crippen molar-refractivity contribution < 1.29 is 4.79 Å². The smallest absolute Gasteiger partial charge is 0.241 e. The van der Waals surface area contributed by atoms with E-state index >= 15 is 0 Å². The summed E-state index contributed by atoms with van der Waals surface area (Å²) in [6.07, 6.45) is 6.30. The maximum absolute atomic E-state index is 11.4. The van der Waals surface area contributed by atoms with Gasteiger partial charge in [0, 0.05) is 27.2 Å². The summed E-state index contributed by atoms with van der Waals surface area (Å²) in [5.74, 6) is 0.781. The highest BCUT2D eigenvalue weighted by molar-refractivity contribution is 5.86. The van der Waals surface area contributed by atoms with Crippen LogP contribution in [-0.4, -0.2) is 50.5 Å². The fourth-order valence-corrected chi connectivity index (χ4v) is 1.95. The zero-order valence-corrected chi connectivity index (χ0v) is 11.1. The molecule has 2 N–H and O–H groups in total. The average Bonchev–Trinajstić information content (AvgIpc) is 2.35. The molecule has 1 saturated carbocycles. The molecule has 17 heavy (non-hydrogen) atoms. The van der Waals surface area contributed by atoms with Crippen LogP contribution in [0, 0.1) is 0 Å². The second kappa shape index (κ2) is 7.14. The number of likely N-dealkylation sites (N-methyl/N-ethyl adjacent to an activating group) is 1. The molecule has 0 aromatic carbocycles. The third-order valence-corrected chi connectivity index (χ3v) is 3.08. The lowest BCUT2D eigenvalue weighted by atomic mass is 9.96. The van der Waals surface area contributed by atoms with Crippen molar-refractivity contribution in [3.05, 3.63) is 0 Å². The Hall–Kier alpha value is -1.26. The molecule has 0 radical (unpaired) electrons. The van der Waals surface area contributed by atoms with Gasteiger partial charge in [0.15, 0.2) is 5.96 Å². The van der Waals surface area contributed by atoms with Gasteiger partial charge >= 0.3 is 0 Å². The van der Waals surface area contributed by atoms with Crippen molar-refractivity contribution in [3.63, 3.8) is 0 Å². The van der Waals surface area contributed by atoms with Crippen molar-refractivity contribution in [1.29, 1.82) is 0 Å². The van der Waals surface area contributed by atoms with Crippen molar-refractivity contribution in [2.45, 2.75) is 38.1 Å². The number of carbonyl (C=O) groups is 1. The number of amides is 1. The molecule has 0 heterocycles. The van der Waals surface area contributed by atoms with Crippen LogP contribution >= 0.6 is 0 Å². The molecule has 1 aliphatic carbocycles. The largest absolute Gasteiger partial charge is 0.354 e. The fourth-order valence-electron chi connectivity index (χ4n) is 1.95. The van der Waals surface area contributed by atoms with Crippen molar-refractivity contribution >= 4 is 11.9 Å². The van der Waals surface area contributed by atoms with Gasteiger partial charge in [-0.15, -0.1) is 0 Å². The van der Waals surface area contributed by atoms with Crippen LogP contribution in [0.2, 0.25) is 0 Å². The molecule has 5 nitrogen and oxygen atoms in total. The molecule has 0 aromatic heterocycles. The molecule has 0 atom stereocenters. The second-order valence-corrected chi connectivity index (χ2v) is 4.69. The summed E-state index contributed by atoms with van der Waals surface area (Å²) in [5.41, 5.74) is 0. The van der Waals surface area contributed by atoms with Gasteiger partial charge in [-0.3, -0.25) is 9.79 Å². The van der Waals surface area contributed by atoms with E-state index in [2.05, 4.69) is 15.6 Å². The molecule has 0 aromatic rings. The predicted molar refractivity (Wildman–Crippen MR) is 70.1 cm³/mol. The Balaban J connectivity index is 2.31. The third kappa shape index (κ3) is 5.06. The topological polar surface area (TPSA) is 56.7 Å². The van der Waals surface area contributed by atoms with Crippen molar-refractivity contribution in [2.24, 2.45) is 4.99 Å². The SMILES string of the molecule is CN=C(NCC(=O)N(C)C)NC1CCCCC1. The lowest BCUT2D eigenvalue weighted by molar-refractivity contribution is -0.127. The van der Waals surface area contributed by atoms with Gasteiger partial charge in [-0.2, -0.15) is 0 Å². The molecule has 0 aliphatic heterocycles. The molecule has 1 rings (SSSR count). The first kappa shape index (κ1) is 13.8. The van der Waals surface area contributed by atoms with E-state index in [-0.39, 0.29) is 5.91 Å². The molecule has 0 unspecified atom stereocenters. The molecule has 1 amide bonds. The molecule has 5 heteroatoms. The van der Waals surface area contributed by atoms with E-state index in [4.69, 9.17) is 0 Å². The number of hydrogen-bond acceptors (Lipinski definition) is 2. The summed E-state index contributed by atoms with van der Waals surface area (Å²) >= 11 is 0. The first-order valence-electron chi connectivity index (χ1n) is 6.31. The number of guanidine groups is 1. The van der Waals surface area contributed by atoms with Crippen LogP contribution in [-0.2, 0) is 4.79 Å². The molecule has 0 spiro atoms. The van der Waals surface area contributed by atoms with Crippen LogP contribution < -0.4 is 10.6 Å². The van der Waals surface area contributed by atoms with Gasteiger partial charge in [0.2, 0.25) is 5.91 Å². The molecule has 98 valence electrons. The first-order valence-corrected chi connectivity index (χ1v) is 6.31. The Morgan fingerprint density at radius 1 is 1.29 bits per heavy atom. The lowest BCUT2D eigenvalue weighted by Gasteiger charge is -2.25. The third-order valence-electron chi connectivity index (χ3n) is 3.08. The summed E-state index contributed by atoms with van der Waals surface area (Å²) < 4.78 is 0. The molecule has 0 bridgehead atoms. The molecular weight excluding hydrogens is 216 g/mol. The highest BCUT2D eigenvalue weighted by Crippen LogP contribution is 2.17. The van der Waals surface area contributed by atoms with Crippen LogP contribution in [0.5, 0.6) is 0 Å². The van der Waals surface area contributed by atoms with E-state index < -0.39 is 0 Å². The van der Waals surface area contributed by atoms with Crippen molar-refractivity contribution in [1.82, 2.24) is 15.5 Å². The number of nitrogens with one attached hydrogen (secondary N) is 2. The van der Waals surface area contributed by atoms with Gasteiger partial charge < -0.3 is 15.5 Å². The van der Waals surface area contributed by atoms with Crippen LogP contribution in [0.25, 0.3) is 0 Å². The minimum absolute atomic E-state index is 0.0524. The maximum atomic E-state index is 11.4. The van der Waals surface area contributed by atoms with E-state index in [0.29, 0.717) is 12.6 Å². The van der Waals surface area contributed by atoms with E-state index in [1.165, 1.54) is 32.1 Å². The summed E-state index contributed by atoms with van der Waals surface area (Å²) in [6, 6.07) is 0.504. The average molecular weight is 240 g/mol. The van der Waals surface area contributed by atoms with Gasteiger partial charge in [-0.25, -0.2) is 0 Å². The van der Waals surface area contributed by atoms with Crippen LogP contribution in [0.4, 0.5) is 0 Å². The standard InChI is InChI=1S/C12H24N4O/c1-13-12(14-9-11(17)16(2)3)15-10-7-5-4-6-8-10/h10H,4-9H2,1-3H3,(H2,13,14,15). The van der Waals surface area contributed by atoms with E-state index in [9.17, 15) is 4.79 Å². The summed E-state index contributed by atoms with van der Waals surface area (Å²) in [7, 11) is 5.24. The van der Waals surface area contributed by atoms with Crippen LogP contribution in [0.1, 0.15) is 32.1 Å². The highest BCUT2D eigenvalue weighted by atomic mass is 16.2. The quantitative estimate of drug-likeness (QED) is 0.560. The Labute approximate surface area is 104 Å². The van der Waals surface area contributed by atoms with Gasteiger partial charge in [-0.05, 0) is 12.8 Å². The summed E-state index contributed by atoms with van der Waals surface area (Å²) in [4.78, 5) is 17.1. The van der Waals surface area contributed by atoms with Crippen molar-refractivity contribution in [3.8, 4) is 0 Å². The maximum Gasteiger partial charge on any atom is 0.241 e. The zero-order chi connectivity index (χ0) is 12.7. The molecule has 1 fully saturated rings. The Kier molecular flexibility index (Phi) is 5.80. The monoisotopic (exact) mass is 240 g/mol. The zero-order valence-electron chi connectivity index (χ0n) is 11.1. The number of hydrogen-bond donors (Lipinski definition) is 2. The molecular formula is C12H24N4O. The molecule has 1 aliphatic rings. The van der Waals surface area contributed by atoms with E-state index in [0.717, 1.165) is 5.96 Å². The number of rotatable bonds is 3. The van der Waals surface area contributed by atoms with Gasteiger partial charge in [0.25, 0.3) is 0 Å². The highest BCUT2D eigenvalue weighted by Gasteiger charge is 2.14. The fraction of sp³-hybridized carbons (Fsp3) is 0.833. The van der Waals surface area contributed by atoms with Gasteiger partial charge in [0.05, 0.1) is 6.54 Å². The van der Waals surface area contributed by atoms with Crippen LogP contribution in [0.15, 0.2) is 4.99 Å². The van der Waals surface area contributed by atoms with Crippen LogP contribution in [0.3, 0.4) is 0 Å². The molecule has 0 saturated heterocycles. The van der Waals surface area contributed by atoms with Crippen molar-refractivity contribution in [2.75, 3.05) is 27.7 Å². The summed E-state index contributed by atoms with van der Waals surface area (Å²) in [5, 5.41) is 6.41. The predicted octanol–water partition coefficient (Wildman–Crippen LogP) is 0.572. The number of aliphatic imine (C=N–C) groups is 1. The Morgan fingerprint density at radius 3 is 2.47 bits per heavy atom. The first-order chi connectivity index (χ1) is 8.13. The van der Waals surface area contributed by atoms with E-state index in [1.807, 2.05) is 0 Å². The van der Waals surface area contributed by atoms with Gasteiger partial charge in [-0.1, -0.05) is 19.3 Å². The number of carbonyl (C=O) groups excluding carboxylic acids is 1. The summed E-state index contributed by atoms with van der Waals surface area (Å²) in [6.45, 7) is 0.291. The second-order valence-electron chi connectivity index (χ2n) is 4.69. The lowest BCUT2D eigenvalue weighted by Crippen LogP contribution is -2.47. The minimum atomic E-state index is 0.0524. The van der Waals surface area contributed by atoms with Gasteiger partial charge in [0.1, 0.15) is 0 Å². The number of nitrogens with zero attached hydrogens (tertiary/aromatic N) is 2. The Morgan fingerprint density at radius 2 is 1.94 bits per heavy atom. The van der Waals surface area contributed by atoms with E-state index in [1.54, 1.807) is 26.0 Å². The normalized spacial score (nSPS) is 17.7. The minimum Gasteiger partial charge on any atom is -0.354 e. The Bertz CT molecular complexity index is 270.